The Morgan fingerprint density at radius 1 is 1.19 bits per heavy atom. The molecule has 1 aliphatic rings. The molecule has 0 radical (unpaired) electrons. The highest BCUT2D eigenvalue weighted by molar-refractivity contribution is 7.92. The molecule has 108 valence electrons. The Morgan fingerprint density at radius 2 is 1.90 bits per heavy atom. The summed E-state index contributed by atoms with van der Waals surface area (Å²) in [5.74, 6) is -2.89. The zero-order chi connectivity index (χ0) is 15.4. The molecule has 1 aromatic carbocycles. The lowest BCUT2D eigenvalue weighted by Gasteiger charge is -2.16. The van der Waals surface area contributed by atoms with Gasteiger partial charge in [-0.05, 0) is 12.1 Å². The number of benzene rings is 1. The van der Waals surface area contributed by atoms with Crippen LogP contribution in [-0.4, -0.2) is 46.7 Å². The molecule has 8 nitrogen and oxygen atoms in total. The highest BCUT2D eigenvalue weighted by Crippen LogP contribution is 2.47. The van der Waals surface area contributed by atoms with E-state index in [1.165, 1.54) is 6.07 Å². The van der Waals surface area contributed by atoms with Gasteiger partial charge < -0.3 is 15.3 Å². The van der Waals surface area contributed by atoms with Crippen molar-refractivity contribution in [2.24, 2.45) is 4.99 Å². The molecule has 3 rings (SSSR count). The highest BCUT2D eigenvalue weighted by atomic mass is 32.2. The average Bonchev–Trinajstić information content (AvgIpc) is 2.43. The standard InChI is InChI=1S/C12H8N2O6S/c15-9-5-1-2-6(12(17)18)14-7(5)10(16)8-11(9)21(19,20)4-3-13-8/h1-3,15-16H,4H2,(H,17,18). The minimum Gasteiger partial charge on any atom is -0.506 e. The first kappa shape index (κ1) is 13.3. The van der Waals surface area contributed by atoms with E-state index in [0.29, 0.717) is 0 Å². The fourth-order valence-electron chi connectivity index (χ4n) is 2.13. The predicted octanol–water partition coefficient (Wildman–Crippen LogP) is 0.834. The number of hydrogen-bond donors (Lipinski definition) is 3. The molecule has 0 amide bonds. The van der Waals surface area contributed by atoms with Gasteiger partial charge in [0.25, 0.3) is 0 Å². The average molecular weight is 308 g/mol. The minimum absolute atomic E-state index is 0.0584. The Labute approximate surface area is 117 Å². The van der Waals surface area contributed by atoms with Crippen molar-refractivity contribution in [3.8, 4) is 11.5 Å². The summed E-state index contributed by atoms with van der Waals surface area (Å²) in [6.07, 6.45) is 1.09. The fraction of sp³-hybridized carbons (Fsp3) is 0.0833. The van der Waals surface area contributed by atoms with Crippen LogP contribution in [0.4, 0.5) is 5.69 Å². The number of aromatic nitrogens is 1. The van der Waals surface area contributed by atoms with Crippen LogP contribution >= 0.6 is 0 Å². The van der Waals surface area contributed by atoms with Crippen LogP contribution in [0, 0.1) is 0 Å². The van der Waals surface area contributed by atoms with Crippen molar-refractivity contribution in [1.29, 1.82) is 0 Å². The summed E-state index contributed by atoms with van der Waals surface area (Å²) >= 11 is 0. The number of carbonyl (C=O) groups is 1. The number of hydrogen-bond acceptors (Lipinski definition) is 7. The molecule has 1 aliphatic heterocycles. The SMILES string of the molecule is O=C(O)c1ccc2c(O)c3c(c(O)c2n1)N=CCS3(=O)=O. The van der Waals surface area contributed by atoms with E-state index in [2.05, 4.69) is 9.98 Å². The Hall–Kier alpha value is -2.68. The molecule has 21 heavy (non-hydrogen) atoms. The second-order valence-corrected chi connectivity index (χ2v) is 6.34. The Morgan fingerprint density at radius 3 is 2.57 bits per heavy atom. The van der Waals surface area contributed by atoms with E-state index in [0.717, 1.165) is 12.3 Å². The highest BCUT2D eigenvalue weighted by Gasteiger charge is 2.31. The molecule has 0 saturated carbocycles. The molecule has 1 aromatic heterocycles. The fourth-order valence-corrected chi connectivity index (χ4v) is 3.41. The maximum absolute atomic E-state index is 12.0. The minimum atomic E-state index is -3.82. The number of pyridine rings is 1. The van der Waals surface area contributed by atoms with Crippen LogP contribution in [0.5, 0.6) is 11.5 Å². The Balaban J connectivity index is 2.51. The number of fused-ring (bicyclic) bond motifs is 2. The number of aromatic carboxylic acids is 1. The second-order valence-electron chi connectivity index (χ2n) is 4.37. The van der Waals surface area contributed by atoms with Crippen LogP contribution in [0.15, 0.2) is 22.0 Å². The number of phenolic OH excluding ortho intramolecular Hbond substituents is 2. The summed E-state index contributed by atoms with van der Waals surface area (Å²) < 4.78 is 24.0. The number of carboxylic acids is 1. The third kappa shape index (κ3) is 1.82. The molecule has 0 unspecified atom stereocenters. The zero-order valence-electron chi connectivity index (χ0n) is 10.3. The van der Waals surface area contributed by atoms with Crippen LogP contribution in [0.3, 0.4) is 0 Å². The number of nitrogens with zero attached hydrogens (tertiary/aromatic N) is 2. The van der Waals surface area contributed by atoms with Gasteiger partial charge in [-0.2, -0.15) is 0 Å². The van der Waals surface area contributed by atoms with Crippen molar-refractivity contribution in [1.82, 2.24) is 4.98 Å². The third-order valence-corrected chi connectivity index (χ3v) is 4.67. The number of carboxylic acid groups (broad SMARTS) is 1. The monoisotopic (exact) mass is 308 g/mol. The maximum Gasteiger partial charge on any atom is 0.354 e. The lowest BCUT2D eigenvalue weighted by Crippen LogP contribution is -2.12. The first-order valence-electron chi connectivity index (χ1n) is 5.70. The smallest absolute Gasteiger partial charge is 0.354 e. The molecular weight excluding hydrogens is 300 g/mol. The Bertz CT molecular complexity index is 933. The van der Waals surface area contributed by atoms with Crippen LogP contribution in [0.25, 0.3) is 10.9 Å². The van der Waals surface area contributed by atoms with Crippen LogP contribution in [-0.2, 0) is 9.84 Å². The summed E-state index contributed by atoms with van der Waals surface area (Å²) in [7, 11) is -3.82. The molecular formula is C12H8N2O6S. The van der Waals surface area contributed by atoms with Crippen molar-refractivity contribution < 1.29 is 28.5 Å². The van der Waals surface area contributed by atoms with Gasteiger partial charge in [-0.25, -0.2) is 18.2 Å². The number of sulfone groups is 1. The maximum atomic E-state index is 12.0. The molecule has 0 saturated heterocycles. The number of phenols is 2. The summed E-state index contributed by atoms with van der Waals surface area (Å²) in [6.45, 7) is 0. The van der Waals surface area contributed by atoms with Gasteiger partial charge in [-0.1, -0.05) is 0 Å². The van der Waals surface area contributed by atoms with Gasteiger partial charge >= 0.3 is 5.97 Å². The predicted molar refractivity (Wildman–Crippen MR) is 72.2 cm³/mol. The van der Waals surface area contributed by atoms with E-state index in [1.54, 1.807) is 0 Å². The molecule has 0 spiro atoms. The molecule has 2 heterocycles. The number of aromatic hydroxyl groups is 2. The molecule has 0 bridgehead atoms. The molecule has 3 N–H and O–H groups in total. The molecule has 2 aromatic rings. The summed E-state index contributed by atoms with van der Waals surface area (Å²) in [4.78, 5) is 17.9. The number of rotatable bonds is 1. The van der Waals surface area contributed by atoms with Crippen molar-refractivity contribution in [2.45, 2.75) is 4.90 Å². The quantitative estimate of drug-likeness (QED) is 0.663. The van der Waals surface area contributed by atoms with Gasteiger partial charge in [0.1, 0.15) is 27.5 Å². The van der Waals surface area contributed by atoms with E-state index in [1.807, 2.05) is 0 Å². The Kier molecular flexibility index (Phi) is 2.63. The van der Waals surface area contributed by atoms with Crippen molar-refractivity contribution >= 4 is 38.6 Å². The van der Waals surface area contributed by atoms with Crippen LogP contribution < -0.4 is 0 Å². The molecule has 0 aliphatic carbocycles. The van der Waals surface area contributed by atoms with E-state index >= 15 is 0 Å². The third-order valence-electron chi connectivity index (χ3n) is 3.07. The summed E-state index contributed by atoms with van der Waals surface area (Å²) in [5.41, 5.74) is -0.901. The lowest BCUT2D eigenvalue weighted by atomic mass is 10.1. The second kappa shape index (κ2) is 4.16. The summed E-state index contributed by atoms with van der Waals surface area (Å²) in [5, 5.41) is 29.1. The lowest BCUT2D eigenvalue weighted by molar-refractivity contribution is 0.0691. The first-order chi connectivity index (χ1) is 9.83. The van der Waals surface area contributed by atoms with Gasteiger partial charge in [0.05, 0.1) is 5.75 Å². The molecule has 9 heteroatoms. The van der Waals surface area contributed by atoms with E-state index < -0.39 is 32.2 Å². The number of aliphatic imine (C=N–C) groups is 1. The van der Waals surface area contributed by atoms with Gasteiger partial charge in [0.15, 0.2) is 15.6 Å². The van der Waals surface area contributed by atoms with Gasteiger partial charge in [-0.15, -0.1) is 0 Å². The molecule has 0 atom stereocenters. The van der Waals surface area contributed by atoms with Crippen molar-refractivity contribution in [2.75, 3.05) is 5.75 Å². The van der Waals surface area contributed by atoms with Crippen molar-refractivity contribution in [3.63, 3.8) is 0 Å². The first-order valence-corrected chi connectivity index (χ1v) is 7.35. The van der Waals surface area contributed by atoms with Crippen molar-refractivity contribution in [3.05, 3.63) is 17.8 Å². The topological polar surface area (TPSA) is 137 Å². The molecule has 0 fully saturated rings. The van der Waals surface area contributed by atoms with Gasteiger partial charge in [0.2, 0.25) is 0 Å². The zero-order valence-corrected chi connectivity index (χ0v) is 11.1. The van der Waals surface area contributed by atoms with Crippen LogP contribution in [0.1, 0.15) is 10.5 Å². The van der Waals surface area contributed by atoms with Gasteiger partial charge in [0, 0.05) is 11.6 Å². The summed E-state index contributed by atoms with van der Waals surface area (Å²) in [6, 6.07) is 2.30. The van der Waals surface area contributed by atoms with E-state index in [4.69, 9.17) is 5.11 Å². The normalized spacial score (nSPS) is 15.8. The van der Waals surface area contributed by atoms with Gasteiger partial charge in [-0.3, -0.25) is 4.99 Å². The van der Waals surface area contributed by atoms with E-state index in [9.17, 15) is 23.4 Å². The van der Waals surface area contributed by atoms with E-state index in [-0.39, 0.29) is 28.0 Å². The van der Waals surface area contributed by atoms with Crippen LogP contribution in [0.2, 0.25) is 0 Å². The largest absolute Gasteiger partial charge is 0.506 e.